The summed E-state index contributed by atoms with van der Waals surface area (Å²) < 4.78 is 5.37. The Morgan fingerprint density at radius 3 is 2.53 bits per heavy atom. The van der Waals surface area contributed by atoms with Gasteiger partial charge in [-0.05, 0) is 26.7 Å². The molecule has 106 valence electrons. The van der Waals surface area contributed by atoms with Gasteiger partial charge in [0, 0.05) is 6.54 Å². The zero-order valence-electron chi connectivity index (χ0n) is 12.0. The van der Waals surface area contributed by atoms with Crippen molar-refractivity contribution in [3.8, 4) is 0 Å². The quantitative estimate of drug-likeness (QED) is 0.852. The van der Waals surface area contributed by atoms with Crippen LogP contribution < -0.4 is 4.90 Å². The molecule has 0 aliphatic heterocycles. The van der Waals surface area contributed by atoms with Crippen LogP contribution in [0.3, 0.4) is 0 Å². The highest BCUT2D eigenvalue weighted by molar-refractivity contribution is 6.29. The van der Waals surface area contributed by atoms with Crippen LogP contribution in [-0.4, -0.2) is 28.2 Å². The van der Waals surface area contributed by atoms with Crippen LogP contribution in [0.4, 0.5) is 10.6 Å². The van der Waals surface area contributed by atoms with Crippen molar-refractivity contribution in [2.75, 3.05) is 11.4 Å². The number of carbonyl (C=O) groups is 1. The average Bonchev–Trinajstić information content (AvgIpc) is 2.23. The van der Waals surface area contributed by atoms with E-state index in [1.807, 2.05) is 34.6 Å². The fourth-order valence-electron chi connectivity index (χ4n) is 1.41. The molecule has 5 nitrogen and oxygen atoms in total. The van der Waals surface area contributed by atoms with E-state index in [0.29, 0.717) is 12.4 Å². The minimum atomic E-state index is -0.557. The number of anilines is 1. The van der Waals surface area contributed by atoms with E-state index in [2.05, 4.69) is 9.97 Å². The Morgan fingerprint density at radius 2 is 2.05 bits per heavy atom. The molecule has 1 aromatic rings. The summed E-state index contributed by atoms with van der Waals surface area (Å²) in [6.07, 6.45) is 2.48. The summed E-state index contributed by atoms with van der Waals surface area (Å²) in [7, 11) is 0. The van der Waals surface area contributed by atoms with Crippen molar-refractivity contribution in [2.24, 2.45) is 5.92 Å². The van der Waals surface area contributed by atoms with Crippen molar-refractivity contribution in [1.29, 1.82) is 0 Å². The molecule has 0 bridgehead atoms. The van der Waals surface area contributed by atoms with E-state index >= 15 is 0 Å². The number of halogens is 1. The zero-order chi connectivity index (χ0) is 14.6. The summed E-state index contributed by atoms with van der Waals surface area (Å²) >= 11 is 5.81. The van der Waals surface area contributed by atoms with E-state index < -0.39 is 11.7 Å². The second-order valence-corrected chi connectivity index (χ2v) is 6.07. The number of ether oxygens (including phenoxy) is 1. The molecule has 0 radical (unpaired) electrons. The first kappa shape index (κ1) is 15.7. The molecule has 0 aliphatic rings. The van der Waals surface area contributed by atoms with Crippen LogP contribution in [0.15, 0.2) is 12.4 Å². The lowest BCUT2D eigenvalue weighted by atomic mass is 10.2. The second-order valence-electron chi connectivity index (χ2n) is 5.68. The molecule has 19 heavy (non-hydrogen) atoms. The van der Waals surface area contributed by atoms with E-state index in [1.165, 1.54) is 17.3 Å². The third-order valence-electron chi connectivity index (χ3n) is 2.03. The van der Waals surface area contributed by atoms with E-state index in [1.54, 1.807) is 0 Å². The lowest BCUT2D eigenvalue weighted by molar-refractivity contribution is 0.0575. The normalized spacial score (nSPS) is 11.5. The predicted molar refractivity (Wildman–Crippen MR) is 75.5 cm³/mol. The maximum atomic E-state index is 12.2. The Labute approximate surface area is 118 Å². The lowest BCUT2D eigenvalue weighted by Gasteiger charge is -2.27. The third-order valence-corrected chi connectivity index (χ3v) is 2.21. The predicted octanol–water partition coefficient (Wildman–Crippen LogP) is 3.53. The number of hydrogen-bond donors (Lipinski definition) is 0. The topological polar surface area (TPSA) is 55.3 Å². The van der Waals surface area contributed by atoms with E-state index in [4.69, 9.17) is 16.3 Å². The number of aromatic nitrogens is 2. The van der Waals surface area contributed by atoms with Crippen molar-refractivity contribution in [3.63, 3.8) is 0 Å². The van der Waals surface area contributed by atoms with Crippen molar-refractivity contribution in [1.82, 2.24) is 9.97 Å². The minimum absolute atomic E-state index is 0.245. The Kier molecular flexibility index (Phi) is 5.11. The highest BCUT2D eigenvalue weighted by Crippen LogP contribution is 2.18. The summed E-state index contributed by atoms with van der Waals surface area (Å²) in [5.74, 6) is 0.670. The molecule has 1 aromatic heterocycles. The van der Waals surface area contributed by atoms with Gasteiger partial charge in [-0.25, -0.2) is 9.78 Å². The van der Waals surface area contributed by atoms with E-state index in [9.17, 15) is 4.79 Å². The van der Waals surface area contributed by atoms with Crippen LogP contribution in [-0.2, 0) is 4.74 Å². The molecule has 6 heteroatoms. The largest absolute Gasteiger partial charge is 0.443 e. The van der Waals surface area contributed by atoms with Gasteiger partial charge in [0.15, 0.2) is 5.82 Å². The zero-order valence-corrected chi connectivity index (χ0v) is 12.7. The maximum absolute atomic E-state index is 12.2. The first-order valence-corrected chi connectivity index (χ1v) is 6.55. The van der Waals surface area contributed by atoms with Gasteiger partial charge in [-0.15, -0.1) is 0 Å². The highest BCUT2D eigenvalue weighted by atomic mass is 35.5. The average molecular weight is 286 g/mol. The molecule has 0 fully saturated rings. The Balaban J connectivity index is 2.98. The van der Waals surface area contributed by atoms with Crippen molar-refractivity contribution in [2.45, 2.75) is 40.2 Å². The van der Waals surface area contributed by atoms with Gasteiger partial charge in [0.2, 0.25) is 0 Å². The summed E-state index contributed by atoms with van der Waals surface area (Å²) in [6.45, 7) is 9.97. The lowest BCUT2D eigenvalue weighted by Crippen LogP contribution is -2.39. The van der Waals surface area contributed by atoms with Gasteiger partial charge in [-0.2, -0.15) is 0 Å². The summed E-state index contributed by atoms with van der Waals surface area (Å²) in [5, 5.41) is 0.245. The van der Waals surface area contributed by atoms with E-state index in [0.717, 1.165) is 0 Å². The molecular formula is C13H20ClN3O2. The maximum Gasteiger partial charge on any atom is 0.416 e. The molecule has 1 rings (SSSR count). The molecule has 0 saturated carbocycles. The number of nitrogens with zero attached hydrogens (tertiary/aromatic N) is 3. The third kappa shape index (κ3) is 5.42. The molecule has 0 N–H and O–H groups in total. The fourth-order valence-corrected chi connectivity index (χ4v) is 1.55. The van der Waals surface area contributed by atoms with Gasteiger partial charge in [0.1, 0.15) is 10.8 Å². The number of amides is 1. The first-order chi connectivity index (χ1) is 8.69. The Hall–Kier alpha value is -1.36. The van der Waals surface area contributed by atoms with Gasteiger partial charge >= 0.3 is 6.09 Å². The number of carbonyl (C=O) groups excluding carboxylic acids is 1. The van der Waals surface area contributed by atoms with Crippen molar-refractivity contribution in [3.05, 3.63) is 17.5 Å². The van der Waals surface area contributed by atoms with Crippen molar-refractivity contribution < 1.29 is 9.53 Å². The SMILES string of the molecule is CC(C)CN(C(=O)OC(C)(C)C)c1cncc(Cl)n1. The standard InChI is InChI=1S/C13H20ClN3O2/c1-9(2)8-17(12(18)19-13(3,4)5)11-7-15-6-10(14)16-11/h6-7,9H,8H2,1-5H3. The van der Waals surface area contributed by atoms with Crippen LogP contribution >= 0.6 is 11.6 Å². The van der Waals surface area contributed by atoms with Crippen LogP contribution in [0.25, 0.3) is 0 Å². The monoisotopic (exact) mass is 285 g/mol. The van der Waals surface area contributed by atoms with Crippen LogP contribution in [0.5, 0.6) is 0 Å². The fraction of sp³-hybridized carbons (Fsp3) is 0.615. The molecule has 1 amide bonds. The van der Waals surface area contributed by atoms with Gasteiger partial charge in [0.25, 0.3) is 0 Å². The van der Waals surface area contributed by atoms with Crippen LogP contribution in [0.1, 0.15) is 34.6 Å². The number of hydrogen-bond acceptors (Lipinski definition) is 4. The van der Waals surface area contributed by atoms with Gasteiger partial charge in [-0.1, -0.05) is 25.4 Å². The van der Waals surface area contributed by atoms with Gasteiger partial charge in [0.05, 0.1) is 12.4 Å². The Bertz CT molecular complexity index is 444. The molecule has 0 unspecified atom stereocenters. The minimum Gasteiger partial charge on any atom is -0.443 e. The van der Waals surface area contributed by atoms with Gasteiger partial charge < -0.3 is 4.74 Å². The molecule has 0 atom stereocenters. The van der Waals surface area contributed by atoms with Gasteiger partial charge in [-0.3, -0.25) is 9.88 Å². The molecule has 0 aliphatic carbocycles. The molecule has 1 heterocycles. The van der Waals surface area contributed by atoms with Crippen LogP contribution in [0, 0.1) is 5.92 Å². The molecule has 0 spiro atoms. The molecular weight excluding hydrogens is 266 g/mol. The number of rotatable bonds is 3. The van der Waals surface area contributed by atoms with E-state index in [-0.39, 0.29) is 11.1 Å². The van der Waals surface area contributed by atoms with Crippen LogP contribution in [0.2, 0.25) is 5.15 Å². The summed E-state index contributed by atoms with van der Waals surface area (Å²) in [6, 6.07) is 0. The smallest absolute Gasteiger partial charge is 0.416 e. The summed E-state index contributed by atoms with van der Waals surface area (Å²) in [4.78, 5) is 21.7. The molecule has 0 aromatic carbocycles. The van der Waals surface area contributed by atoms with Crippen molar-refractivity contribution >= 4 is 23.5 Å². The first-order valence-electron chi connectivity index (χ1n) is 6.17. The highest BCUT2D eigenvalue weighted by Gasteiger charge is 2.25. The Morgan fingerprint density at radius 1 is 1.42 bits per heavy atom. The summed E-state index contributed by atoms with van der Waals surface area (Å²) in [5.41, 5.74) is -0.557. The molecule has 0 saturated heterocycles. The second kappa shape index (κ2) is 6.19.